The number of nitrogens with two attached hydrogens (primary N) is 1. The molecule has 636 valence electrons. The average molecular weight is 1640 g/mol. The lowest BCUT2D eigenvalue weighted by molar-refractivity contribution is -0.148. The number of hydrogen-bond acceptors (Lipinski definition) is 20. The number of ketones is 1. The van der Waals surface area contributed by atoms with Gasteiger partial charge in [0, 0.05) is 71.5 Å². The zero-order valence-corrected chi connectivity index (χ0v) is 70.1. The Hall–Kier alpha value is -8.44. The molecule has 1 fully saturated rings. The molecule has 12 amide bonds. The highest BCUT2D eigenvalue weighted by Gasteiger charge is 2.44. The number of carbonyl (C=O) groups is 12. The van der Waals surface area contributed by atoms with Gasteiger partial charge in [0.25, 0.3) is 5.91 Å². The van der Waals surface area contributed by atoms with E-state index in [-0.39, 0.29) is 156 Å². The minimum absolute atomic E-state index is 0.0102. The van der Waals surface area contributed by atoms with Crippen LogP contribution in [0.25, 0.3) is 0 Å². The summed E-state index contributed by atoms with van der Waals surface area (Å²) in [7, 11) is 8.39. The number of nitrogens with one attached hydrogen (secondary N) is 10. The van der Waals surface area contributed by atoms with E-state index in [0.29, 0.717) is 37.9 Å². The first-order valence-electron chi connectivity index (χ1n) is 39.0. The molecule has 3 aromatic carbocycles. The fourth-order valence-electron chi connectivity index (χ4n) is 13.4. The number of likely N-dealkylation sites (N-methyl/N-ethyl adjacent to an activating group) is 2. The molecule has 3 aromatic rings. The van der Waals surface area contributed by atoms with Gasteiger partial charge in [-0.05, 0) is 118 Å². The maximum Gasteiger partial charge on any atom is 0.312 e. The number of hydrogen-bond donors (Lipinski definition) is 11. The van der Waals surface area contributed by atoms with Crippen LogP contribution in [0.15, 0.2) is 72.8 Å². The monoisotopic (exact) mass is 1640 g/mol. The van der Waals surface area contributed by atoms with Gasteiger partial charge in [-0.3, -0.25) is 62.5 Å². The number of urea groups is 1. The van der Waals surface area contributed by atoms with Crippen LogP contribution in [0.3, 0.4) is 0 Å². The van der Waals surface area contributed by atoms with Crippen molar-refractivity contribution < 1.29 is 86.0 Å². The minimum atomic E-state index is -1.12. The maximum absolute atomic E-state index is 14.7. The highest BCUT2D eigenvalue weighted by atomic mass is 35.5. The third-order valence-electron chi connectivity index (χ3n) is 19.5. The van der Waals surface area contributed by atoms with E-state index < -0.39 is 126 Å². The molecule has 11 atom stereocenters. The van der Waals surface area contributed by atoms with Crippen LogP contribution < -0.4 is 58.9 Å². The van der Waals surface area contributed by atoms with Crippen LogP contribution in [0.4, 0.5) is 21.9 Å². The zero-order chi connectivity index (χ0) is 84.6. The minimum Gasteiger partial charge on any atom is -0.379 e. The van der Waals surface area contributed by atoms with Crippen molar-refractivity contribution in [2.24, 2.45) is 35.3 Å². The number of halogens is 2. The van der Waals surface area contributed by atoms with E-state index in [1.807, 2.05) is 95.8 Å². The first kappa shape index (κ1) is 97.9. The summed E-state index contributed by atoms with van der Waals surface area (Å²) in [6.07, 6.45) is 1.07. The van der Waals surface area contributed by atoms with Gasteiger partial charge in [-0.15, -0.1) is 23.2 Å². The van der Waals surface area contributed by atoms with Gasteiger partial charge in [0.1, 0.15) is 48.8 Å². The number of methoxy groups -OCH3 is 2. The summed E-state index contributed by atoms with van der Waals surface area (Å²) in [6.45, 7) is 18.7. The van der Waals surface area contributed by atoms with E-state index in [1.165, 1.54) is 32.4 Å². The molecule has 1 saturated heterocycles. The topological polar surface area (TPSA) is 416 Å². The Labute approximate surface area is 681 Å². The summed E-state index contributed by atoms with van der Waals surface area (Å²) < 4.78 is 34.3. The Bertz CT molecular complexity index is 3540. The molecule has 0 radical (unpaired) electrons. The number of rotatable bonds is 54. The van der Waals surface area contributed by atoms with E-state index in [4.69, 9.17) is 57.4 Å². The number of amides is 12. The number of carbonyl (C=O) groups excluding carboxylic acids is 12. The summed E-state index contributed by atoms with van der Waals surface area (Å²) in [5.74, 6) is -7.13. The number of ether oxygens (including phenoxy) is 6. The lowest BCUT2D eigenvalue weighted by Crippen LogP contribution is -2.59. The molecule has 12 N–H and O–H groups in total. The lowest BCUT2D eigenvalue weighted by Gasteiger charge is -2.41. The molecule has 0 bridgehead atoms. The second-order valence-corrected chi connectivity index (χ2v) is 30.0. The Morgan fingerprint density at radius 3 is 1.75 bits per heavy atom. The number of nitrogens with zero attached hydrogens (tertiary/aromatic N) is 3. The molecule has 4 unspecified atom stereocenters. The molecule has 1 aliphatic heterocycles. The summed E-state index contributed by atoms with van der Waals surface area (Å²) in [5.41, 5.74) is 7.91. The van der Waals surface area contributed by atoms with Gasteiger partial charge < -0.3 is 92.2 Å². The number of anilines is 3. The fourth-order valence-corrected chi connectivity index (χ4v) is 13.5. The molecule has 114 heavy (non-hydrogen) atoms. The highest BCUT2D eigenvalue weighted by Crippen LogP contribution is 2.31. The normalized spacial score (nSPS) is 15.6. The molecule has 34 heteroatoms. The highest BCUT2D eigenvalue weighted by molar-refractivity contribution is 6.30. The summed E-state index contributed by atoms with van der Waals surface area (Å²) in [5, 5.41) is 27.6. The second-order valence-electron chi connectivity index (χ2n) is 29.5. The van der Waals surface area contributed by atoms with Crippen molar-refractivity contribution in [2.75, 3.05) is 142 Å². The van der Waals surface area contributed by atoms with Crippen LogP contribution in [0.2, 0.25) is 0 Å². The molecule has 1 heterocycles. The molecule has 0 saturated carbocycles. The molecule has 1 aliphatic rings. The number of likely N-dealkylation sites (tertiary alicyclic amines) is 1. The third kappa shape index (κ3) is 33.4. The van der Waals surface area contributed by atoms with Crippen LogP contribution in [0, 0.1) is 29.6 Å². The predicted octanol–water partition coefficient (Wildman–Crippen LogP) is 4.58. The third-order valence-corrected chi connectivity index (χ3v) is 20.0. The number of primary amides is 1. The largest absolute Gasteiger partial charge is 0.379 e. The van der Waals surface area contributed by atoms with E-state index in [2.05, 4.69) is 53.2 Å². The van der Waals surface area contributed by atoms with Gasteiger partial charge in [0.05, 0.1) is 87.8 Å². The molecule has 4 rings (SSSR count). The van der Waals surface area contributed by atoms with Crippen molar-refractivity contribution in [2.45, 2.75) is 168 Å². The lowest BCUT2D eigenvalue weighted by atomic mass is 9.88. The summed E-state index contributed by atoms with van der Waals surface area (Å²) >= 11 is 11.2. The zero-order valence-electron chi connectivity index (χ0n) is 68.6. The van der Waals surface area contributed by atoms with Crippen molar-refractivity contribution in [1.29, 1.82) is 0 Å². The Balaban J connectivity index is 1.27. The molecule has 0 aliphatic carbocycles. The van der Waals surface area contributed by atoms with Gasteiger partial charge in [0.2, 0.25) is 53.2 Å². The molecule has 0 spiro atoms. The van der Waals surface area contributed by atoms with Crippen molar-refractivity contribution in [1.82, 2.24) is 51.9 Å². The van der Waals surface area contributed by atoms with Crippen LogP contribution in [0.5, 0.6) is 0 Å². The van der Waals surface area contributed by atoms with Crippen molar-refractivity contribution in [3.63, 3.8) is 0 Å². The van der Waals surface area contributed by atoms with Crippen molar-refractivity contribution in [3.8, 4) is 0 Å². The molecular formula is C80H124Cl2N14O18. The Morgan fingerprint density at radius 2 is 1.18 bits per heavy atom. The quantitative estimate of drug-likeness (QED) is 0.0272. The first-order valence-corrected chi connectivity index (χ1v) is 40.0. The van der Waals surface area contributed by atoms with E-state index >= 15 is 0 Å². The summed E-state index contributed by atoms with van der Waals surface area (Å²) in [4.78, 5) is 166. The van der Waals surface area contributed by atoms with Gasteiger partial charge >= 0.3 is 6.03 Å². The molecular weight excluding hydrogens is 1520 g/mol. The molecule has 0 aromatic heterocycles. The predicted molar refractivity (Wildman–Crippen MR) is 435 cm³/mol. The SMILES string of the molecule is CC[C@H](C)[C@@H]([C@@H](CC(=O)C1CCCN1[C@H](OC)[C@@H](C)C(=O)N[C@H](Cc1ccccc1)C(=O)NCCc1ccc(NC(=O)[C@@H](CCCNC(N)=O)NC(=O)C(NC(=O)COCCOCCOCCOCCNC(=O)c2ccc(NC(=O)CCl)c(NC(=O)CCl)c2)C(C)C)cc1)OC)N(C)C(=O)C(NC(=O)C(C(C)C)N(C)C)C(C)C. The molecule has 32 nitrogen and oxygen atoms in total. The second kappa shape index (κ2) is 52.2. The van der Waals surface area contributed by atoms with Crippen LogP contribution >= 0.6 is 23.2 Å². The van der Waals surface area contributed by atoms with Crippen molar-refractivity contribution in [3.05, 3.63) is 89.5 Å². The number of benzene rings is 3. The number of alkyl halides is 2. The van der Waals surface area contributed by atoms with Gasteiger partial charge in [-0.25, -0.2) is 4.79 Å². The summed E-state index contributed by atoms with van der Waals surface area (Å²) in [6, 6.07) is 14.0. The van der Waals surface area contributed by atoms with Gasteiger partial charge in [-0.2, -0.15) is 0 Å². The smallest absolute Gasteiger partial charge is 0.312 e. The van der Waals surface area contributed by atoms with E-state index in [1.54, 1.807) is 57.0 Å². The first-order chi connectivity index (χ1) is 54.3. The average Bonchev–Trinajstić information content (AvgIpc) is 1.07. The van der Waals surface area contributed by atoms with Crippen molar-refractivity contribution >= 4 is 111 Å². The van der Waals surface area contributed by atoms with Crippen LogP contribution in [0.1, 0.15) is 122 Å². The Kier molecular flexibility index (Phi) is 44.8. The maximum atomic E-state index is 14.7. The fraction of sp³-hybridized carbons (Fsp3) is 0.625. The van der Waals surface area contributed by atoms with E-state index in [9.17, 15) is 57.5 Å². The van der Waals surface area contributed by atoms with Crippen LogP contribution in [-0.2, 0) is 89.2 Å². The van der Waals surface area contributed by atoms with Crippen LogP contribution in [-0.4, -0.2) is 266 Å². The Morgan fingerprint density at radius 1 is 0.579 bits per heavy atom. The van der Waals surface area contributed by atoms with Gasteiger partial charge in [0.15, 0.2) is 5.78 Å². The number of Topliss-reactive ketones (excluding diaryl/α,β-unsaturated/α-hetero) is 1. The van der Waals surface area contributed by atoms with Gasteiger partial charge in [-0.1, -0.05) is 104 Å². The standard InChI is InChI=1S/C80H124Cl2N14O18/c1-15-52(8)71(95(12)78(107)69(50(4)5)93-77(106)70(51(6)7)94(10)11)64(109-13)45-63(97)62-24-20-35-96(62)79(110-14)53(9)72(101)91-61(43-55-21-17-16-18-22-55)74(103)84-33-31-54-25-28-57(29-26-54)87-75(104)59(23-19-32-86-80(83)108)90-76(105)68(49(2)3)92-67(100)48-114-42-41-113-40-39-112-38-37-111-36-34-85-73(102)56-27-30-58(88-65(98)46-81)60(44-56)89-66(99)47-82/h16-18,21-22,25-30,44,49-53,59,61-62,64,68-71,79H,15,19-20,23-24,31-43,45-48H2,1-14H3,(H,84,103)(H,85,102)(H,87,104)(H,88,98)(H,89,99)(H,90,105)(H,91,101)(H,92,100)(H,93,106)(H3,83,86,108)/t52-,53-,59+,61+,62?,64+,68?,69?,70?,71-,79+/m0/s1. The van der Waals surface area contributed by atoms with E-state index in [0.717, 1.165) is 11.1 Å².